The molecule has 1 aromatic rings. The van der Waals surface area contributed by atoms with E-state index in [0.717, 1.165) is 30.9 Å². The molecule has 2 heterocycles. The van der Waals surface area contributed by atoms with Gasteiger partial charge in [-0.15, -0.1) is 0 Å². The second-order valence-electron chi connectivity index (χ2n) is 4.79. The number of likely N-dealkylation sites (N-methyl/N-ethyl adjacent to an activating group) is 1. The molecule has 1 N–H and O–H groups in total. The van der Waals surface area contributed by atoms with Crippen LogP contribution in [0.25, 0.3) is 0 Å². The third kappa shape index (κ3) is 2.54. The van der Waals surface area contributed by atoms with Crippen molar-refractivity contribution < 1.29 is 14.2 Å². The van der Waals surface area contributed by atoms with Crippen molar-refractivity contribution in [1.29, 1.82) is 0 Å². The number of ether oxygens (including phenoxy) is 3. The van der Waals surface area contributed by atoms with Gasteiger partial charge in [-0.1, -0.05) is 6.07 Å². The molecule has 19 heavy (non-hydrogen) atoms. The summed E-state index contributed by atoms with van der Waals surface area (Å²) in [6, 6.07) is 6.31. The highest BCUT2D eigenvalue weighted by atomic mass is 16.6. The predicted molar refractivity (Wildman–Crippen MR) is 72.5 cm³/mol. The number of hydrogen-bond acceptors (Lipinski definition) is 4. The molecule has 0 saturated carbocycles. The van der Waals surface area contributed by atoms with Crippen molar-refractivity contribution in [2.45, 2.75) is 18.9 Å². The molecule has 102 valence electrons. The van der Waals surface area contributed by atoms with Gasteiger partial charge in [0.15, 0.2) is 11.5 Å². The van der Waals surface area contributed by atoms with Crippen molar-refractivity contribution >= 4 is 0 Å². The van der Waals surface area contributed by atoms with Gasteiger partial charge in [0, 0.05) is 0 Å². The molecule has 0 fully saturated rings. The van der Waals surface area contributed by atoms with Crippen LogP contribution in [0.4, 0.5) is 0 Å². The van der Waals surface area contributed by atoms with E-state index in [1.165, 1.54) is 11.1 Å². The maximum atomic E-state index is 5.64. The summed E-state index contributed by atoms with van der Waals surface area (Å²) < 4.78 is 16.6. The van der Waals surface area contributed by atoms with Gasteiger partial charge in [-0.3, -0.25) is 0 Å². The van der Waals surface area contributed by atoms with E-state index in [-0.39, 0.29) is 6.04 Å². The van der Waals surface area contributed by atoms with Gasteiger partial charge < -0.3 is 19.5 Å². The molecule has 0 spiro atoms. The Kier molecular flexibility index (Phi) is 3.60. The van der Waals surface area contributed by atoms with E-state index in [4.69, 9.17) is 14.2 Å². The Bertz CT molecular complexity index is 484. The summed E-state index contributed by atoms with van der Waals surface area (Å²) in [7, 11) is 1.97. The Morgan fingerprint density at radius 1 is 1.11 bits per heavy atom. The van der Waals surface area contributed by atoms with Gasteiger partial charge >= 0.3 is 0 Å². The van der Waals surface area contributed by atoms with Crippen LogP contribution in [0.1, 0.15) is 24.4 Å². The number of fused-ring (bicyclic) bond motifs is 1. The van der Waals surface area contributed by atoms with E-state index < -0.39 is 0 Å². The van der Waals surface area contributed by atoms with Gasteiger partial charge in [-0.2, -0.15) is 0 Å². The fourth-order valence-electron chi connectivity index (χ4n) is 2.60. The van der Waals surface area contributed by atoms with E-state index in [2.05, 4.69) is 17.4 Å². The van der Waals surface area contributed by atoms with Crippen LogP contribution in [0, 0.1) is 0 Å². The van der Waals surface area contributed by atoms with Crippen LogP contribution in [0.3, 0.4) is 0 Å². The number of nitrogens with one attached hydrogen (secondary N) is 1. The molecule has 2 aliphatic rings. The van der Waals surface area contributed by atoms with Crippen LogP contribution in [0.15, 0.2) is 30.0 Å². The monoisotopic (exact) mass is 261 g/mol. The zero-order chi connectivity index (χ0) is 13.1. The molecule has 4 nitrogen and oxygen atoms in total. The topological polar surface area (TPSA) is 39.7 Å². The average molecular weight is 261 g/mol. The molecule has 0 amide bonds. The van der Waals surface area contributed by atoms with Crippen LogP contribution < -0.4 is 14.8 Å². The fraction of sp³-hybridized carbons (Fsp3) is 0.467. The summed E-state index contributed by atoms with van der Waals surface area (Å²) in [6.07, 6.45) is 4.04. The lowest BCUT2D eigenvalue weighted by Crippen LogP contribution is -2.21. The second-order valence-corrected chi connectivity index (χ2v) is 4.79. The minimum Gasteiger partial charge on any atom is -0.501 e. The highest BCUT2D eigenvalue weighted by Gasteiger charge is 2.20. The lowest BCUT2D eigenvalue weighted by molar-refractivity contribution is 0.171. The molecule has 1 unspecified atom stereocenters. The van der Waals surface area contributed by atoms with Crippen molar-refractivity contribution in [2.24, 2.45) is 0 Å². The lowest BCUT2D eigenvalue weighted by atomic mass is 9.95. The Morgan fingerprint density at radius 3 is 2.68 bits per heavy atom. The zero-order valence-corrected chi connectivity index (χ0v) is 11.1. The molecule has 3 rings (SSSR count). The largest absolute Gasteiger partial charge is 0.501 e. The molecule has 0 radical (unpaired) electrons. The fourth-order valence-corrected chi connectivity index (χ4v) is 2.60. The Balaban J connectivity index is 1.88. The molecule has 0 bridgehead atoms. The molecular formula is C15H19NO3. The van der Waals surface area contributed by atoms with Crippen LogP contribution in [0.5, 0.6) is 11.5 Å². The van der Waals surface area contributed by atoms with E-state index >= 15 is 0 Å². The van der Waals surface area contributed by atoms with Crippen molar-refractivity contribution in [1.82, 2.24) is 5.32 Å². The minimum absolute atomic E-state index is 0.177. The Labute approximate surface area is 113 Å². The second kappa shape index (κ2) is 5.53. The van der Waals surface area contributed by atoms with E-state index in [1.807, 2.05) is 19.4 Å². The standard InChI is InChI=1S/C15H19NO3/c1-16-15(12-3-2-6-17-10-12)11-4-5-13-14(9-11)19-8-7-18-13/h4-5,9-10,15-16H,2-3,6-8H2,1H3. The van der Waals surface area contributed by atoms with Gasteiger partial charge in [-0.05, 0) is 43.2 Å². The van der Waals surface area contributed by atoms with Gasteiger partial charge in [0.2, 0.25) is 0 Å². The highest BCUT2D eigenvalue weighted by Crippen LogP contribution is 2.35. The summed E-state index contributed by atoms with van der Waals surface area (Å²) in [5.74, 6) is 1.67. The SMILES string of the molecule is CNC(C1=COCCC1)c1ccc2c(c1)OCCO2. The molecule has 2 aliphatic heterocycles. The third-order valence-electron chi connectivity index (χ3n) is 3.52. The molecule has 1 atom stereocenters. The van der Waals surface area contributed by atoms with Crippen molar-refractivity contribution in [3.05, 3.63) is 35.6 Å². The Hall–Kier alpha value is -1.68. The van der Waals surface area contributed by atoms with Gasteiger partial charge in [-0.25, -0.2) is 0 Å². The van der Waals surface area contributed by atoms with Crippen LogP contribution >= 0.6 is 0 Å². The lowest BCUT2D eigenvalue weighted by Gasteiger charge is -2.25. The maximum Gasteiger partial charge on any atom is 0.161 e. The summed E-state index contributed by atoms with van der Waals surface area (Å²) in [5.41, 5.74) is 2.47. The van der Waals surface area contributed by atoms with Crippen molar-refractivity contribution in [2.75, 3.05) is 26.9 Å². The maximum absolute atomic E-state index is 5.64. The Morgan fingerprint density at radius 2 is 1.95 bits per heavy atom. The molecule has 0 aromatic heterocycles. The highest BCUT2D eigenvalue weighted by molar-refractivity contribution is 5.46. The van der Waals surface area contributed by atoms with Gasteiger partial charge in [0.05, 0.1) is 18.9 Å². The van der Waals surface area contributed by atoms with E-state index in [0.29, 0.717) is 13.2 Å². The van der Waals surface area contributed by atoms with Crippen LogP contribution in [0.2, 0.25) is 0 Å². The summed E-state index contributed by atoms with van der Waals surface area (Å²) >= 11 is 0. The van der Waals surface area contributed by atoms with Crippen molar-refractivity contribution in [3.8, 4) is 11.5 Å². The average Bonchev–Trinajstić information content (AvgIpc) is 2.49. The molecule has 0 aliphatic carbocycles. The van der Waals surface area contributed by atoms with Gasteiger partial charge in [0.1, 0.15) is 13.2 Å². The molecule has 1 aromatic carbocycles. The first-order valence-electron chi connectivity index (χ1n) is 6.76. The first-order valence-corrected chi connectivity index (χ1v) is 6.76. The van der Waals surface area contributed by atoms with Crippen LogP contribution in [-0.4, -0.2) is 26.9 Å². The predicted octanol–water partition coefficient (Wildman–Crippen LogP) is 2.41. The normalized spacial score (nSPS) is 19.3. The molecule has 4 heteroatoms. The van der Waals surface area contributed by atoms with Gasteiger partial charge in [0.25, 0.3) is 0 Å². The first-order chi connectivity index (χ1) is 9.38. The first kappa shape index (κ1) is 12.4. The quantitative estimate of drug-likeness (QED) is 0.907. The third-order valence-corrected chi connectivity index (χ3v) is 3.52. The zero-order valence-electron chi connectivity index (χ0n) is 11.1. The smallest absolute Gasteiger partial charge is 0.161 e. The minimum atomic E-state index is 0.177. The molecule has 0 saturated heterocycles. The van der Waals surface area contributed by atoms with E-state index in [1.54, 1.807) is 0 Å². The van der Waals surface area contributed by atoms with E-state index in [9.17, 15) is 0 Å². The number of rotatable bonds is 3. The summed E-state index contributed by atoms with van der Waals surface area (Å²) in [4.78, 5) is 0. The summed E-state index contributed by atoms with van der Waals surface area (Å²) in [5, 5.41) is 3.35. The molecular weight excluding hydrogens is 242 g/mol. The number of hydrogen-bond donors (Lipinski definition) is 1. The summed E-state index contributed by atoms with van der Waals surface area (Å²) in [6.45, 7) is 2.06. The van der Waals surface area contributed by atoms with Crippen molar-refractivity contribution in [3.63, 3.8) is 0 Å². The number of benzene rings is 1. The van der Waals surface area contributed by atoms with Crippen LogP contribution in [-0.2, 0) is 4.74 Å².